The van der Waals surface area contributed by atoms with Crippen molar-refractivity contribution in [3.05, 3.63) is 53.1 Å². The summed E-state index contributed by atoms with van der Waals surface area (Å²) in [4.78, 5) is 40.4. The van der Waals surface area contributed by atoms with E-state index in [0.717, 1.165) is 18.4 Å². The highest BCUT2D eigenvalue weighted by atomic mass is 32.2. The zero-order valence-electron chi connectivity index (χ0n) is 20.6. The van der Waals surface area contributed by atoms with Gasteiger partial charge in [0.05, 0.1) is 31.8 Å². The number of halogens is 1. The molecule has 2 aliphatic rings. The fraction of sp³-hybridized carbons (Fsp3) is 0.500. The lowest BCUT2D eigenvalue weighted by molar-refractivity contribution is -0.143. The third kappa shape index (κ3) is 6.67. The summed E-state index contributed by atoms with van der Waals surface area (Å²) in [7, 11) is 0. The Kier molecular flexibility index (Phi) is 8.68. The van der Waals surface area contributed by atoms with Crippen LogP contribution in [0.15, 0.2) is 36.0 Å². The van der Waals surface area contributed by atoms with Gasteiger partial charge < -0.3 is 4.74 Å². The molecule has 0 bridgehead atoms. The molecule has 8 nitrogen and oxygen atoms in total. The number of carbonyl (C=O) groups is 3. The number of aromatic nitrogens is 3. The Hall–Kier alpha value is -2.85. The first-order valence-electron chi connectivity index (χ1n) is 12.3. The first-order chi connectivity index (χ1) is 17.4. The van der Waals surface area contributed by atoms with Gasteiger partial charge in [-0.25, -0.2) is 4.39 Å². The van der Waals surface area contributed by atoms with E-state index in [0.29, 0.717) is 43.9 Å². The predicted octanol–water partition coefficient (Wildman–Crippen LogP) is 3.83. The van der Waals surface area contributed by atoms with Gasteiger partial charge in [-0.3, -0.25) is 19.3 Å². The van der Waals surface area contributed by atoms with E-state index in [1.54, 1.807) is 38.2 Å². The van der Waals surface area contributed by atoms with Crippen molar-refractivity contribution in [1.29, 1.82) is 0 Å². The van der Waals surface area contributed by atoms with E-state index >= 15 is 0 Å². The van der Waals surface area contributed by atoms with Gasteiger partial charge in [-0.1, -0.05) is 30.0 Å². The summed E-state index contributed by atoms with van der Waals surface area (Å²) in [6.07, 6.45) is 6.01. The van der Waals surface area contributed by atoms with Gasteiger partial charge in [0, 0.05) is 36.7 Å². The van der Waals surface area contributed by atoms with Crippen molar-refractivity contribution < 1.29 is 23.5 Å². The van der Waals surface area contributed by atoms with Crippen molar-refractivity contribution in [3.63, 3.8) is 0 Å². The Labute approximate surface area is 214 Å². The normalized spacial score (nSPS) is 20.3. The number of esters is 1. The number of thioether (sulfide) groups is 1. The number of rotatable bonds is 10. The number of aryl methyl sites for hydroxylation is 1. The maximum atomic E-state index is 14.8. The smallest absolute Gasteiger partial charge is 0.307 e. The molecule has 1 aliphatic carbocycles. The quantitative estimate of drug-likeness (QED) is 0.442. The summed E-state index contributed by atoms with van der Waals surface area (Å²) in [5, 5.41) is 8.62. The molecule has 4 rings (SSSR count). The predicted molar refractivity (Wildman–Crippen MR) is 134 cm³/mol. The van der Waals surface area contributed by atoms with Crippen LogP contribution in [0.1, 0.15) is 56.8 Å². The molecule has 1 saturated heterocycles. The molecule has 36 heavy (non-hydrogen) atoms. The van der Waals surface area contributed by atoms with Crippen LogP contribution in [0.25, 0.3) is 6.08 Å². The van der Waals surface area contributed by atoms with Crippen LogP contribution in [0.2, 0.25) is 0 Å². The minimum atomic E-state index is -0.661. The number of hydrogen-bond donors (Lipinski definition) is 0. The Balaban J connectivity index is 1.57. The van der Waals surface area contributed by atoms with E-state index in [4.69, 9.17) is 4.74 Å². The molecule has 0 N–H and O–H groups in total. The molecule has 2 fully saturated rings. The lowest BCUT2D eigenvalue weighted by Crippen LogP contribution is -2.43. The fourth-order valence-electron chi connectivity index (χ4n) is 4.49. The second kappa shape index (κ2) is 11.9. The van der Waals surface area contributed by atoms with Gasteiger partial charge in [0.2, 0.25) is 0 Å². The fourth-order valence-corrected chi connectivity index (χ4v) is 5.41. The standard InChI is InChI=1S/C26H31FN4O4S/c1-3-35-24(33)11-13-31-28-15-20(29-31)14-19-16-30(12-10-23(19)36-17(2)32)25(26(34)18-8-9-18)21-6-4-5-7-22(21)27/h4-7,14-15,18,23,25H,3,8-13,16H2,1-2H3/b19-14+. The second-order valence-electron chi connectivity index (χ2n) is 9.10. The molecule has 1 aromatic carbocycles. The highest BCUT2D eigenvalue weighted by Crippen LogP contribution is 2.40. The maximum absolute atomic E-state index is 14.8. The number of hydrogen-bond acceptors (Lipinski definition) is 8. The summed E-state index contributed by atoms with van der Waals surface area (Å²) in [6.45, 7) is 4.91. The summed E-state index contributed by atoms with van der Waals surface area (Å²) < 4.78 is 19.8. The van der Waals surface area contributed by atoms with Gasteiger partial charge in [0.1, 0.15) is 11.5 Å². The second-order valence-corrected chi connectivity index (χ2v) is 10.5. The third-order valence-electron chi connectivity index (χ3n) is 6.31. The molecule has 1 aliphatic heterocycles. The Morgan fingerprint density at radius 3 is 2.72 bits per heavy atom. The van der Waals surface area contributed by atoms with Crippen molar-refractivity contribution in [2.24, 2.45) is 5.92 Å². The Bertz CT molecular complexity index is 1150. The average Bonchev–Trinajstić information content (AvgIpc) is 3.60. The van der Waals surface area contributed by atoms with Crippen molar-refractivity contribution >= 4 is 34.7 Å². The molecule has 1 aromatic heterocycles. The maximum Gasteiger partial charge on any atom is 0.307 e. The highest BCUT2D eigenvalue weighted by molar-refractivity contribution is 8.14. The van der Waals surface area contributed by atoms with Crippen LogP contribution >= 0.6 is 11.8 Å². The van der Waals surface area contributed by atoms with Crippen LogP contribution in [0.5, 0.6) is 0 Å². The number of likely N-dealkylation sites (tertiary alicyclic amines) is 1. The molecule has 0 amide bonds. The SMILES string of the molecule is CCOC(=O)CCn1ncc(/C=C2\CN(C(C(=O)C3CC3)c3ccccc3F)CCC2SC(C)=O)n1. The van der Waals surface area contributed by atoms with E-state index in [-0.39, 0.29) is 40.3 Å². The van der Waals surface area contributed by atoms with E-state index in [1.165, 1.54) is 22.6 Å². The lowest BCUT2D eigenvalue weighted by Gasteiger charge is -2.38. The molecule has 2 unspecified atom stereocenters. The summed E-state index contributed by atoms with van der Waals surface area (Å²) in [5.41, 5.74) is 1.93. The summed E-state index contributed by atoms with van der Waals surface area (Å²) >= 11 is 1.26. The minimum absolute atomic E-state index is 0.0113. The minimum Gasteiger partial charge on any atom is -0.466 e. The molecule has 0 spiro atoms. The zero-order chi connectivity index (χ0) is 25.7. The molecule has 192 valence electrons. The van der Waals surface area contributed by atoms with E-state index in [1.807, 2.05) is 11.0 Å². The number of piperidine rings is 1. The van der Waals surface area contributed by atoms with Crippen LogP contribution in [-0.2, 0) is 25.7 Å². The number of Topliss-reactive ketones (excluding diaryl/α,β-unsaturated/α-hetero) is 1. The topological polar surface area (TPSA) is 94.4 Å². The van der Waals surface area contributed by atoms with Crippen LogP contribution in [0.3, 0.4) is 0 Å². The number of ether oxygens (including phenoxy) is 1. The lowest BCUT2D eigenvalue weighted by atomic mass is 9.93. The Morgan fingerprint density at radius 1 is 1.25 bits per heavy atom. The molecule has 10 heteroatoms. The highest BCUT2D eigenvalue weighted by Gasteiger charge is 2.41. The number of nitrogens with zero attached hydrogens (tertiary/aromatic N) is 4. The molecular weight excluding hydrogens is 483 g/mol. The monoisotopic (exact) mass is 514 g/mol. The Morgan fingerprint density at radius 2 is 2.03 bits per heavy atom. The van der Waals surface area contributed by atoms with Gasteiger partial charge in [0.25, 0.3) is 0 Å². The van der Waals surface area contributed by atoms with Crippen LogP contribution in [0.4, 0.5) is 4.39 Å². The summed E-state index contributed by atoms with van der Waals surface area (Å²) in [6, 6.07) is 5.81. The van der Waals surface area contributed by atoms with Gasteiger partial charge >= 0.3 is 5.97 Å². The van der Waals surface area contributed by atoms with E-state index in [2.05, 4.69) is 10.2 Å². The largest absolute Gasteiger partial charge is 0.466 e. The van der Waals surface area contributed by atoms with Crippen molar-refractivity contribution in [3.8, 4) is 0 Å². The average molecular weight is 515 g/mol. The number of ketones is 1. The van der Waals surface area contributed by atoms with Gasteiger partial charge in [0.15, 0.2) is 10.9 Å². The molecule has 0 radical (unpaired) electrons. The van der Waals surface area contributed by atoms with Crippen LogP contribution in [-0.4, -0.2) is 61.7 Å². The van der Waals surface area contributed by atoms with E-state index in [9.17, 15) is 18.8 Å². The molecular formula is C26H31FN4O4S. The zero-order valence-corrected chi connectivity index (χ0v) is 21.4. The van der Waals surface area contributed by atoms with Gasteiger partial charge in [-0.2, -0.15) is 15.0 Å². The number of carbonyl (C=O) groups excluding carboxylic acids is 3. The first-order valence-corrected chi connectivity index (χ1v) is 13.2. The van der Waals surface area contributed by atoms with E-state index < -0.39 is 6.04 Å². The van der Waals surface area contributed by atoms with Crippen LogP contribution < -0.4 is 0 Å². The van der Waals surface area contributed by atoms with Gasteiger partial charge in [-0.05, 0) is 43.9 Å². The first kappa shape index (κ1) is 26.2. The van der Waals surface area contributed by atoms with Crippen molar-refractivity contribution in [2.45, 2.75) is 57.4 Å². The number of benzene rings is 1. The van der Waals surface area contributed by atoms with Gasteiger partial charge in [-0.15, -0.1) is 0 Å². The summed E-state index contributed by atoms with van der Waals surface area (Å²) in [5.74, 6) is -0.658. The van der Waals surface area contributed by atoms with Crippen molar-refractivity contribution in [1.82, 2.24) is 19.9 Å². The molecule has 2 aromatic rings. The molecule has 1 saturated carbocycles. The third-order valence-corrected chi connectivity index (χ3v) is 7.46. The van der Waals surface area contributed by atoms with Crippen molar-refractivity contribution in [2.75, 3.05) is 19.7 Å². The molecule has 2 atom stereocenters. The van der Waals surface area contributed by atoms with Crippen LogP contribution in [0, 0.1) is 11.7 Å². The molecule has 2 heterocycles.